The lowest BCUT2D eigenvalue weighted by Crippen LogP contribution is -2.14. The van der Waals surface area contributed by atoms with Crippen molar-refractivity contribution in [3.63, 3.8) is 0 Å². The number of non-ortho nitro benzene ring substituents is 1. The van der Waals surface area contributed by atoms with E-state index in [2.05, 4.69) is 10.6 Å². The number of nitrogens with zero attached hydrogens (tertiary/aromatic N) is 1. The second kappa shape index (κ2) is 9.93. The van der Waals surface area contributed by atoms with Crippen LogP contribution in [0.25, 0.3) is 0 Å². The molecule has 0 atom stereocenters. The van der Waals surface area contributed by atoms with Crippen LogP contribution in [-0.4, -0.2) is 29.8 Å². The topological polar surface area (TPSA) is 128 Å². The summed E-state index contributed by atoms with van der Waals surface area (Å²) in [7, 11) is 1.10. The van der Waals surface area contributed by atoms with Gasteiger partial charge in [-0.2, -0.15) is 13.2 Å². The Morgan fingerprint density at radius 3 is 2.26 bits per heavy atom. The van der Waals surface area contributed by atoms with Gasteiger partial charge in [-0.05, 0) is 42.8 Å². The fraction of sp³-hybridized carbons (Fsp3) is 0.136. The third-order valence-corrected chi connectivity index (χ3v) is 5.96. The summed E-state index contributed by atoms with van der Waals surface area (Å²) in [4.78, 5) is 47.9. The number of esters is 1. The van der Waals surface area contributed by atoms with Crippen molar-refractivity contribution < 1.29 is 37.2 Å². The number of hydrogen-bond donors (Lipinski definition) is 2. The molecule has 0 fully saturated rings. The van der Waals surface area contributed by atoms with Crippen molar-refractivity contribution in [1.82, 2.24) is 0 Å². The third-order valence-electron chi connectivity index (χ3n) is 4.76. The van der Waals surface area contributed by atoms with Crippen LogP contribution < -0.4 is 10.6 Å². The third kappa shape index (κ3) is 5.63. The maximum atomic E-state index is 13.0. The van der Waals surface area contributed by atoms with E-state index in [1.54, 1.807) is 0 Å². The maximum Gasteiger partial charge on any atom is 0.416 e. The van der Waals surface area contributed by atoms with Crippen LogP contribution in [0.15, 0.2) is 48.5 Å². The number of halogens is 3. The van der Waals surface area contributed by atoms with Crippen molar-refractivity contribution in [3.8, 4) is 0 Å². The molecule has 0 saturated carbocycles. The Balaban J connectivity index is 1.91. The molecule has 1 aromatic heterocycles. The molecule has 0 aliphatic carbocycles. The molecule has 2 amide bonds. The van der Waals surface area contributed by atoms with E-state index in [9.17, 15) is 37.7 Å². The van der Waals surface area contributed by atoms with Crippen LogP contribution in [0.1, 0.15) is 41.5 Å². The number of hydrogen-bond acceptors (Lipinski definition) is 7. The second-order valence-electron chi connectivity index (χ2n) is 7.04. The Morgan fingerprint density at radius 2 is 1.69 bits per heavy atom. The summed E-state index contributed by atoms with van der Waals surface area (Å²) in [5.74, 6) is -2.36. The molecule has 0 aliphatic rings. The first-order valence-corrected chi connectivity index (χ1v) is 10.5. The number of nitrogens with one attached hydrogen (secondary N) is 2. The molecule has 9 nitrogen and oxygen atoms in total. The molecular weight excluding hydrogens is 491 g/mol. The van der Waals surface area contributed by atoms with Crippen molar-refractivity contribution in [2.24, 2.45) is 0 Å². The number of rotatable bonds is 6. The minimum Gasteiger partial charge on any atom is -0.465 e. The average molecular weight is 507 g/mol. The molecule has 182 valence electrons. The lowest BCUT2D eigenvalue weighted by molar-refractivity contribution is -0.384. The molecule has 0 radical (unpaired) electrons. The maximum absolute atomic E-state index is 13.0. The number of benzene rings is 2. The SMILES string of the molecule is COC(=O)c1c(NC(=O)c2ccc([N+](=O)[O-])cc2)sc(C(=O)Nc2cccc(C(F)(F)F)c2)c1C. The van der Waals surface area contributed by atoms with Crippen molar-refractivity contribution in [1.29, 1.82) is 0 Å². The molecule has 2 aromatic carbocycles. The van der Waals surface area contributed by atoms with Crippen LogP contribution in [0.2, 0.25) is 0 Å². The Morgan fingerprint density at radius 1 is 1.03 bits per heavy atom. The van der Waals surface area contributed by atoms with Gasteiger partial charge < -0.3 is 15.4 Å². The lowest BCUT2D eigenvalue weighted by Gasteiger charge is -2.09. The molecule has 13 heteroatoms. The standard InChI is InChI=1S/C22H16F3N3O6S/c1-11-16(21(31)34-2)20(27-18(29)12-6-8-15(9-7-12)28(32)33)35-17(11)19(30)26-14-5-3-4-13(10-14)22(23,24)25/h3-10H,1-2H3,(H,26,30)(H,27,29). The van der Waals surface area contributed by atoms with E-state index < -0.39 is 34.4 Å². The number of alkyl halides is 3. The van der Waals surface area contributed by atoms with Gasteiger partial charge in [0.15, 0.2) is 0 Å². The number of methoxy groups -OCH3 is 1. The van der Waals surface area contributed by atoms with E-state index in [4.69, 9.17) is 4.74 Å². The number of ether oxygens (including phenoxy) is 1. The molecule has 0 aliphatic heterocycles. The lowest BCUT2D eigenvalue weighted by atomic mass is 10.1. The fourth-order valence-corrected chi connectivity index (χ4v) is 4.12. The van der Waals surface area contributed by atoms with E-state index in [0.29, 0.717) is 0 Å². The highest BCUT2D eigenvalue weighted by Gasteiger charge is 2.31. The zero-order valence-corrected chi connectivity index (χ0v) is 18.9. The van der Waals surface area contributed by atoms with Gasteiger partial charge >= 0.3 is 12.1 Å². The molecule has 0 spiro atoms. The Labute approximate surface area is 199 Å². The molecular formula is C22H16F3N3O6S. The van der Waals surface area contributed by atoms with Gasteiger partial charge in [0.05, 0.1) is 28.0 Å². The van der Waals surface area contributed by atoms with Crippen LogP contribution in [-0.2, 0) is 10.9 Å². The number of carbonyl (C=O) groups is 3. The highest BCUT2D eigenvalue weighted by Crippen LogP contribution is 2.35. The van der Waals surface area contributed by atoms with E-state index in [1.807, 2.05) is 0 Å². The van der Waals surface area contributed by atoms with Gasteiger partial charge in [-0.25, -0.2) is 4.79 Å². The predicted octanol–water partition coefficient (Wildman–Crippen LogP) is 5.27. The summed E-state index contributed by atoms with van der Waals surface area (Å²) in [6.45, 7) is 1.42. The Hall–Kier alpha value is -4.26. The number of anilines is 2. The first kappa shape index (κ1) is 25.4. The number of nitro benzene ring substituents is 1. The number of amides is 2. The summed E-state index contributed by atoms with van der Waals surface area (Å²) in [6, 6.07) is 8.71. The van der Waals surface area contributed by atoms with Gasteiger partial charge in [0.1, 0.15) is 5.00 Å². The molecule has 2 N–H and O–H groups in total. The van der Waals surface area contributed by atoms with E-state index in [1.165, 1.54) is 25.1 Å². The minimum atomic E-state index is -4.60. The van der Waals surface area contributed by atoms with Gasteiger partial charge in [0, 0.05) is 23.4 Å². The Bertz CT molecular complexity index is 1320. The smallest absolute Gasteiger partial charge is 0.416 e. The zero-order chi connectivity index (χ0) is 25.9. The van der Waals surface area contributed by atoms with Crippen molar-refractivity contribution in [2.75, 3.05) is 17.7 Å². The highest BCUT2D eigenvalue weighted by atomic mass is 32.1. The Kier molecular flexibility index (Phi) is 7.20. The molecule has 1 heterocycles. The molecule has 35 heavy (non-hydrogen) atoms. The normalized spacial score (nSPS) is 11.0. The first-order chi connectivity index (χ1) is 16.4. The quantitative estimate of drug-likeness (QED) is 0.266. The molecule has 3 rings (SSSR count). The largest absolute Gasteiger partial charge is 0.465 e. The number of nitro groups is 1. The van der Waals surface area contributed by atoms with Crippen LogP contribution in [0.4, 0.5) is 29.5 Å². The fourth-order valence-electron chi connectivity index (χ4n) is 3.04. The zero-order valence-electron chi connectivity index (χ0n) is 18.1. The highest BCUT2D eigenvalue weighted by molar-refractivity contribution is 7.19. The molecule has 0 bridgehead atoms. The second-order valence-corrected chi connectivity index (χ2v) is 8.06. The van der Waals surface area contributed by atoms with Crippen LogP contribution in [0, 0.1) is 17.0 Å². The van der Waals surface area contributed by atoms with Crippen LogP contribution in [0.3, 0.4) is 0 Å². The number of thiophene rings is 1. The summed E-state index contributed by atoms with van der Waals surface area (Å²) in [6.07, 6.45) is -4.60. The first-order valence-electron chi connectivity index (χ1n) is 9.68. The summed E-state index contributed by atoms with van der Waals surface area (Å²) >= 11 is 0.723. The van der Waals surface area contributed by atoms with Gasteiger partial charge in [-0.15, -0.1) is 11.3 Å². The van der Waals surface area contributed by atoms with Crippen molar-refractivity contribution in [3.05, 3.63) is 85.8 Å². The van der Waals surface area contributed by atoms with E-state index >= 15 is 0 Å². The summed E-state index contributed by atoms with van der Waals surface area (Å²) in [5, 5.41) is 15.6. The monoisotopic (exact) mass is 507 g/mol. The van der Waals surface area contributed by atoms with Crippen molar-refractivity contribution >= 4 is 45.5 Å². The van der Waals surface area contributed by atoms with Gasteiger partial charge in [0.2, 0.25) is 0 Å². The van der Waals surface area contributed by atoms with Gasteiger partial charge in [-0.3, -0.25) is 19.7 Å². The van der Waals surface area contributed by atoms with E-state index in [-0.39, 0.29) is 37.9 Å². The molecule has 0 saturated heterocycles. The summed E-state index contributed by atoms with van der Waals surface area (Å²) < 4.78 is 43.6. The van der Waals surface area contributed by atoms with Crippen LogP contribution in [0.5, 0.6) is 0 Å². The van der Waals surface area contributed by atoms with E-state index in [0.717, 1.165) is 48.8 Å². The minimum absolute atomic E-state index is 0.0353. The molecule has 0 unspecified atom stereocenters. The van der Waals surface area contributed by atoms with Crippen molar-refractivity contribution in [2.45, 2.75) is 13.1 Å². The van der Waals surface area contributed by atoms with Gasteiger partial charge in [-0.1, -0.05) is 6.07 Å². The predicted molar refractivity (Wildman–Crippen MR) is 121 cm³/mol. The molecule has 3 aromatic rings. The van der Waals surface area contributed by atoms with Crippen LogP contribution >= 0.6 is 11.3 Å². The number of carbonyl (C=O) groups excluding carboxylic acids is 3. The average Bonchev–Trinajstić information content (AvgIpc) is 3.13. The summed E-state index contributed by atoms with van der Waals surface area (Å²) in [5.41, 5.74) is -1.21. The van der Waals surface area contributed by atoms with Gasteiger partial charge in [0.25, 0.3) is 17.5 Å².